The van der Waals surface area contributed by atoms with Gasteiger partial charge in [-0.3, -0.25) is 8.77 Å². The third kappa shape index (κ3) is 5.35. The highest BCUT2D eigenvalue weighted by atomic mass is 32.2. The monoisotopic (exact) mass is 552 g/mol. The van der Waals surface area contributed by atoms with Crippen LogP contribution in [0, 0.1) is 0 Å². The Morgan fingerprint density at radius 1 is 1.00 bits per heavy atom. The number of anilines is 2. The maximum absolute atomic E-state index is 13.9. The summed E-state index contributed by atoms with van der Waals surface area (Å²) in [5.41, 5.74) is 14.1. The zero-order valence-corrected chi connectivity index (χ0v) is 22.1. The van der Waals surface area contributed by atoms with E-state index in [2.05, 4.69) is 5.32 Å². The number of carbonyl (C=O) groups is 1. The van der Waals surface area contributed by atoms with Crippen LogP contribution in [0.15, 0.2) is 103 Å². The topological polar surface area (TPSA) is 154 Å². The van der Waals surface area contributed by atoms with E-state index in [1.165, 1.54) is 42.8 Å². The van der Waals surface area contributed by atoms with Gasteiger partial charge in [-0.1, -0.05) is 66.8 Å². The van der Waals surface area contributed by atoms with Crippen molar-refractivity contribution in [2.24, 2.45) is 5.73 Å². The van der Waals surface area contributed by atoms with Crippen LogP contribution < -0.4 is 16.8 Å². The number of nitrogens with zero attached hydrogens (tertiary/aromatic N) is 1. The Kier molecular flexibility index (Phi) is 7.45. The maximum atomic E-state index is 13.9. The fourth-order valence-electron chi connectivity index (χ4n) is 4.15. The van der Waals surface area contributed by atoms with Gasteiger partial charge in [-0.05, 0) is 35.4 Å². The summed E-state index contributed by atoms with van der Waals surface area (Å²) in [6.07, 6.45) is 12.1. The van der Waals surface area contributed by atoms with E-state index < -0.39 is 35.9 Å². The molecular weight excluding hydrogens is 524 g/mol. The lowest BCUT2D eigenvalue weighted by Crippen LogP contribution is -2.56. The van der Waals surface area contributed by atoms with Gasteiger partial charge >= 0.3 is 0 Å². The van der Waals surface area contributed by atoms with Gasteiger partial charge in [-0.15, -0.1) is 0 Å². The molecule has 1 heterocycles. The number of sulfone groups is 1. The first-order chi connectivity index (χ1) is 17.9. The molecule has 2 aromatic carbocycles. The highest BCUT2D eigenvalue weighted by molar-refractivity contribution is 7.95. The molecule has 0 saturated carbocycles. The van der Waals surface area contributed by atoms with E-state index in [0.717, 1.165) is 15.8 Å². The van der Waals surface area contributed by atoms with Crippen LogP contribution in [0.2, 0.25) is 0 Å². The first-order valence-electron chi connectivity index (χ1n) is 11.6. The van der Waals surface area contributed by atoms with Crippen LogP contribution in [-0.2, 0) is 24.7 Å². The Labute approximate surface area is 222 Å². The Bertz CT molecular complexity index is 1630. The van der Waals surface area contributed by atoms with Crippen LogP contribution >= 0.6 is 0 Å². The smallest absolute Gasteiger partial charge is 0.254 e. The normalized spacial score (nSPS) is 20.4. The third-order valence-electron chi connectivity index (χ3n) is 6.28. The van der Waals surface area contributed by atoms with E-state index in [9.17, 15) is 21.6 Å². The number of aromatic nitrogens is 1. The van der Waals surface area contributed by atoms with E-state index in [1.807, 2.05) is 30.3 Å². The molecule has 11 heteroatoms. The van der Waals surface area contributed by atoms with Crippen molar-refractivity contribution >= 4 is 43.2 Å². The number of nitrogen functional groups attached to an aromatic ring is 1. The Morgan fingerprint density at radius 2 is 1.63 bits per heavy atom. The summed E-state index contributed by atoms with van der Waals surface area (Å²) in [7, 11) is -8.37. The molecule has 0 aliphatic heterocycles. The van der Waals surface area contributed by atoms with Crippen molar-refractivity contribution in [3.63, 3.8) is 0 Å². The molecule has 1 amide bonds. The largest absolute Gasteiger partial charge is 0.397 e. The molecule has 0 saturated heterocycles. The van der Waals surface area contributed by atoms with Crippen LogP contribution in [0.5, 0.6) is 0 Å². The van der Waals surface area contributed by atoms with Gasteiger partial charge in [0.25, 0.3) is 10.0 Å². The second-order valence-electron chi connectivity index (χ2n) is 8.95. The van der Waals surface area contributed by atoms with Crippen molar-refractivity contribution < 1.29 is 21.6 Å². The molecule has 1 aromatic heterocycles. The molecule has 0 bridgehead atoms. The molecule has 0 spiro atoms. The Balaban J connectivity index is 1.63. The Morgan fingerprint density at radius 3 is 2.26 bits per heavy atom. The number of allylic oxidation sites excluding steroid dienone is 2. The summed E-state index contributed by atoms with van der Waals surface area (Å²) >= 11 is 0. The lowest BCUT2D eigenvalue weighted by atomic mass is 9.90. The molecule has 1 unspecified atom stereocenters. The van der Waals surface area contributed by atoms with E-state index in [-0.39, 0.29) is 5.92 Å². The molecule has 1 aliphatic carbocycles. The van der Waals surface area contributed by atoms with Gasteiger partial charge in [0.05, 0.1) is 11.4 Å². The Hall–Kier alpha value is -3.93. The highest BCUT2D eigenvalue weighted by Crippen LogP contribution is 2.36. The number of nitrogens with two attached hydrogens (primary N) is 2. The van der Waals surface area contributed by atoms with E-state index >= 15 is 0 Å². The first kappa shape index (κ1) is 27.1. The van der Waals surface area contributed by atoms with Crippen molar-refractivity contribution in [2.75, 3.05) is 17.3 Å². The molecule has 198 valence electrons. The van der Waals surface area contributed by atoms with Gasteiger partial charge in [0.1, 0.15) is 5.37 Å². The summed E-state index contributed by atoms with van der Waals surface area (Å²) in [6, 6.07) is 17.6. The molecule has 5 N–H and O–H groups in total. The number of hydrogen-bond acceptors (Lipinski definition) is 7. The quantitative estimate of drug-likeness (QED) is 0.220. The van der Waals surface area contributed by atoms with Crippen molar-refractivity contribution in [1.82, 2.24) is 3.97 Å². The molecule has 0 radical (unpaired) electrons. The minimum absolute atomic E-state index is 0.244. The number of amides is 1. The zero-order chi connectivity index (χ0) is 27.6. The number of carbonyl (C=O) groups excluding carboxylic acids is 1. The lowest BCUT2D eigenvalue weighted by Gasteiger charge is -2.34. The van der Waals surface area contributed by atoms with Crippen molar-refractivity contribution in [2.45, 2.75) is 16.0 Å². The van der Waals surface area contributed by atoms with Crippen LogP contribution in [0.25, 0.3) is 6.08 Å². The SMILES string of the molecule is CS(=O)(=O)C(N)C1(S(=O)(=O)n2ccc(/C=C/C(=O)Nc3ccccc3N)c2)C=CC(c2ccccc2)C=C1. The second kappa shape index (κ2) is 10.4. The fraction of sp³-hybridized carbons (Fsp3) is 0.148. The van der Waals surface area contributed by atoms with Gasteiger partial charge in [-0.2, -0.15) is 0 Å². The van der Waals surface area contributed by atoms with E-state index in [4.69, 9.17) is 11.5 Å². The fourth-order valence-corrected chi connectivity index (χ4v) is 7.51. The summed E-state index contributed by atoms with van der Waals surface area (Å²) in [6.45, 7) is 0. The van der Waals surface area contributed by atoms with Crippen LogP contribution in [0.3, 0.4) is 0 Å². The summed E-state index contributed by atoms with van der Waals surface area (Å²) in [5, 5.41) is 0.890. The summed E-state index contributed by atoms with van der Waals surface area (Å²) in [5.74, 6) is -0.703. The van der Waals surface area contributed by atoms with E-state index in [1.54, 1.807) is 36.4 Å². The molecule has 0 fully saturated rings. The number of hydrogen-bond donors (Lipinski definition) is 3. The zero-order valence-electron chi connectivity index (χ0n) is 20.5. The summed E-state index contributed by atoms with van der Waals surface area (Å²) < 4.78 is 51.6. The van der Waals surface area contributed by atoms with Crippen molar-refractivity contribution in [3.8, 4) is 0 Å². The van der Waals surface area contributed by atoms with Gasteiger partial charge < -0.3 is 16.8 Å². The van der Waals surface area contributed by atoms with Crippen molar-refractivity contribution in [3.05, 3.63) is 115 Å². The first-order valence-corrected chi connectivity index (χ1v) is 15.0. The molecule has 1 atom stereocenters. The summed E-state index contributed by atoms with van der Waals surface area (Å²) in [4.78, 5) is 12.3. The third-order valence-corrected chi connectivity index (χ3v) is 9.94. The minimum atomic E-state index is -4.40. The molecule has 38 heavy (non-hydrogen) atoms. The number of rotatable bonds is 8. The van der Waals surface area contributed by atoms with Gasteiger partial charge in [0, 0.05) is 30.6 Å². The number of para-hydroxylation sites is 2. The second-order valence-corrected chi connectivity index (χ2v) is 13.2. The predicted octanol–water partition coefficient (Wildman–Crippen LogP) is 2.88. The number of nitrogens with one attached hydrogen (secondary N) is 1. The molecule has 3 aromatic rings. The van der Waals surface area contributed by atoms with Gasteiger partial charge in [0.15, 0.2) is 14.6 Å². The molecule has 1 aliphatic rings. The number of benzene rings is 2. The van der Waals surface area contributed by atoms with Gasteiger partial charge in [-0.25, -0.2) is 16.8 Å². The van der Waals surface area contributed by atoms with Gasteiger partial charge in [0.2, 0.25) is 5.91 Å². The lowest BCUT2D eigenvalue weighted by molar-refractivity contribution is -0.111. The van der Waals surface area contributed by atoms with Crippen LogP contribution in [0.1, 0.15) is 17.0 Å². The van der Waals surface area contributed by atoms with E-state index in [0.29, 0.717) is 16.9 Å². The van der Waals surface area contributed by atoms with Crippen LogP contribution in [0.4, 0.5) is 11.4 Å². The average molecular weight is 553 g/mol. The predicted molar refractivity (Wildman–Crippen MR) is 150 cm³/mol. The molecular formula is C27H28N4O5S2. The maximum Gasteiger partial charge on any atom is 0.254 e. The standard InChI is InChI=1S/C27H28N4O5S2/c1-37(33,34)26(29)27(16-13-22(14-17-27)21-7-3-2-4-8-21)38(35,36)31-18-15-20(19-31)11-12-25(32)30-24-10-6-5-9-23(24)28/h2-19,22,26H,28-29H2,1H3,(H,30,32)/b12-11+. The van der Waals surface area contributed by atoms with Crippen LogP contribution in [-0.4, -0.2) is 43.1 Å². The average Bonchev–Trinajstić information content (AvgIpc) is 3.38. The van der Waals surface area contributed by atoms with Crippen molar-refractivity contribution in [1.29, 1.82) is 0 Å². The molecule has 4 rings (SSSR count). The minimum Gasteiger partial charge on any atom is -0.397 e. The highest BCUT2D eigenvalue weighted by Gasteiger charge is 2.51. The molecule has 9 nitrogen and oxygen atoms in total.